The molecule has 3 rings (SSSR count). The summed E-state index contributed by atoms with van der Waals surface area (Å²) < 4.78 is 0. The van der Waals surface area contributed by atoms with Gasteiger partial charge in [-0.1, -0.05) is 30.8 Å². The molecule has 17 heavy (non-hydrogen) atoms. The lowest BCUT2D eigenvalue weighted by molar-refractivity contribution is -0.120. The molecule has 0 bridgehead atoms. The standard InChI is InChI=1S/C13H14N2OS/c1-8-11(16)6-7-12(8)17-13-14-9-4-2-3-5-10(9)15-13/h2-5,8,12H,6-7H2,1H3,(H,14,15). The Labute approximate surface area is 104 Å². The molecule has 0 radical (unpaired) electrons. The molecule has 1 aliphatic carbocycles. The fourth-order valence-electron chi connectivity index (χ4n) is 2.26. The van der Waals surface area contributed by atoms with Crippen LogP contribution in [0.2, 0.25) is 0 Å². The van der Waals surface area contributed by atoms with Crippen LogP contribution in [0.25, 0.3) is 11.0 Å². The van der Waals surface area contributed by atoms with E-state index in [0.717, 1.165) is 29.0 Å². The number of hydrogen-bond acceptors (Lipinski definition) is 3. The molecule has 2 unspecified atom stereocenters. The zero-order chi connectivity index (χ0) is 11.8. The Kier molecular flexibility index (Phi) is 2.67. The van der Waals surface area contributed by atoms with Gasteiger partial charge in [0.05, 0.1) is 11.0 Å². The third-order valence-electron chi connectivity index (χ3n) is 3.37. The lowest BCUT2D eigenvalue weighted by Gasteiger charge is -2.10. The number of carbonyl (C=O) groups excluding carboxylic acids is 1. The maximum absolute atomic E-state index is 11.5. The van der Waals surface area contributed by atoms with E-state index >= 15 is 0 Å². The van der Waals surface area contributed by atoms with E-state index in [1.807, 2.05) is 31.2 Å². The van der Waals surface area contributed by atoms with Gasteiger partial charge in [0.2, 0.25) is 0 Å². The van der Waals surface area contributed by atoms with Crippen molar-refractivity contribution in [3.05, 3.63) is 24.3 Å². The smallest absolute Gasteiger partial charge is 0.166 e. The first-order valence-electron chi connectivity index (χ1n) is 5.88. The van der Waals surface area contributed by atoms with Gasteiger partial charge in [0.25, 0.3) is 0 Å². The molecule has 4 heteroatoms. The van der Waals surface area contributed by atoms with Crippen molar-refractivity contribution in [2.45, 2.75) is 30.2 Å². The Morgan fingerprint density at radius 3 is 2.94 bits per heavy atom. The number of rotatable bonds is 2. The Morgan fingerprint density at radius 2 is 2.24 bits per heavy atom. The molecule has 1 N–H and O–H groups in total. The quantitative estimate of drug-likeness (QED) is 0.886. The van der Waals surface area contributed by atoms with Crippen LogP contribution in [-0.4, -0.2) is 21.0 Å². The first kappa shape index (κ1) is 10.8. The largest absolute Gasteiger partial charge is 0.333 e. The van der Waals surface area contributed by atoms with E-state index in [9.17, 15) is 4.79 Å². The molecule has 0 spiro atoms. The average Bonchev–Trinajstić information content (AvgIpc) is 2.87. The van der Waals surface area contributed by atoms with Gasteiger partial charge >= 0.3 is 0 Å². The monoisotopic (exact) mass is 246 g/mol. The predicted octanol–water partition coefficient (Wildman–Crippen LogP) is 3.02. The number of carbonyl (C=O) groups is 1. The maximum atomic E-state index is 11.5. The van der Waals surface area contributed by atoms with Gasteiger partial charge in [0.1, 0.15) is 5.78 Å². The van der Waals surface area contributed by atoms with Crippen LogP contribution >= 0.6 is 11.8 Å². The summed E-state index contributed by atoms with van der Waals surface area (Å²) in [6.07, 6.45) is 1.70. The molecule has 2 atom stereocenters. The fourth-order valence-corrected chi connectivity index (χ4v) is 3.46. The number of ketones is 1. The minimum atomic E-state index is 0.160. The van der Waals surface area contributed by atoms with Gasteiger partial charge < -0.3 is 4.98 Å². The summed E-state index contributed by atoms with van der Waals surface area (Å²) in [5.41, 5.74) is 2.05. The zero-order valence-corrected chi connectivity index (χ0v) is 10.5. The summed E-state index contributed by atoms with van der Waals surface area (Å²) in [5, 5.41) is 1.31. The Bertz CT molecular complexity index is 530. The molecule has 0 aliphatic heterocycles. The second-order valence-corrected chi connectivity index (χ2v) is 5.74. The SMILES string of the molecule is CC1C(=O)CCC1Sc1nc2ccccc2[nH]1. The first-order valence-corrected chi connectivity index (χ1v) is 6.76. The first-order chi connectivity index (χ1) is 8.24. The van der Waals surface area contributed by atoms with Gasteiger partial charge in [0, 0.05) is 17.6 Å². The molecule has 0 saturated heterocycles. The van der Waals surface area contributed by atoms with Gasteiger partial charge in [-0.3, -0.25) is 4.79 Å². The molecule has 2 aromatic rings. The van der Waals surface area contributed by atoms with Gasteiger partial charge in [-0.25, -0.2) is 4.98 Å². The number of imidazole rings is 1. The molecule has 1 saturated carbocycles. The summed E-state index contributed by atoms with van der Waals surface area (Å²) in [6, 6.07) is 8.00. The Balaban J connectivity index is 1.83. The van der Waals surface area contributed by atoms with E-state index in [0.29, 0.717) is 11.0 Å². The molecule has 0 amide bonds. The van der Waals surface area contributed by atoms with E-state index in [-0.39, 0.29) is 5.92 Å². The maximum Gasteiger partial charge on any atom is 0.166 e. The van der Waals surface area contributed by atoms with E-state index < -0.39 is 0 Å². The second kappa shape index (κ2) is 4.18. The van der Waals surface area contributed by atoms with Crippen molar-refractivity contribution < 1.29 is 4.79 Å². The highest BCUT2D eigenvalue weighted by atomic mass is 32.2. The second-order valence-electron chi connectivity index (χ2n) is 4.51. The number of thioether (sulfide) groups is 1. The van der Waals surface area contributed by atoms with E-state index in [2.05, 4.69) is 9.97 Å². The zero-order valence-electron chi connectivity index (χ0n) is 9.64. The third kappa shape index (κ3) is 1.97. The third-order valence-corrected chi connectivity index (χ3v) is 4.73. The normalized spacial score (nSPS) is 24.6. The number of nitrogens with one attached hydrogen (secondary N) is 1. The molecule has 88 valence electrons. The van der Waals surface area contributed by atoms with E-state index in [1.54, 1.807) is 11.8 Å². The molecule has 1 aromatic carbocycles. The lowest BCUT2D eigenvalue weighted by Crippen LogP contribution is -2.12. The highest BCUT2D eigenvalue weighted by Gasteiger charge is 2.32. The predicted molar refractivity (Wildman–Crippen MR) is 69.1 cm³/mol. The minimum Gasteiger partial charge on any atom is -0.333 e. The van der Waals surface area contributed by atoms with Crippen LogP contribution in [0.5, 0.6) is 0 Å². The summed E-state index contributed by atoms with van der Waals surface area (Å²) in [4.78, 5) is 19.3. The van der Waals surface area contributed by atoms with E-state index in [1.165, 1.54) is 0 Å². The van der Waals surface area contributed by atoms with Crippen molar-refractivity contribution in [2.24, 2.45) is 5.92 Å². The van der Waals surface area contributed by atoms with Crippen molar-refractivity contribution >= 4 is 28.6 Å². The van der Waals surface area contributed by atoms with Crippen LogP contribution in [0.1, 0.15) is 19.8 Å². The number of nitrogens with zero attached hydrogens (tertiary/aromatic N) is 1. The molecule has 3 nitrogen and oxygen atoms in total. The van der Waals surface area contributed by atoms with Crippen LogP contribution < -0.4 is 0 Å². The number of Topliss-reactive ketones (excluding diaryl/α,β-unsaturated/α-hetero) is 1. The Hall–Kier alpha value is -1.29. The number of aromatic amines is 1. The number of H-pyrrole nitrogens is 1. The highest BCUT2D eigenvalue weighted by molar-refractivity contribution is 7.99. The van der Waals surface area contributed by atoms with Crippen LogP contribution in [-0.2, 0) is 4.79 Å². The van der Waals surface area contributed by atoms with Crippen LogP contribution in [0.4, 0.5) is 0 Å². The fraction of sp³-hybridized carbons (Fsp3) is 0.385. The lowest BCUT2D eigenvalue weighted by atomic mass is 10.1. The van der Waals surface area contributed by atoms with Crippen molar-refractivity contribution in [1.29, 1.82) is 0 Å². The molecular formula is C13H14N2OS. The highest BCUT2D eigenvalue weighted by Crippen LogP contribution is 2.36. The molecule has 1 heterocycles. The molecule has 1 fully saturated rings. The van der Waals surface area contributed by atoms with Gasteiger partial charge in [0.15, 0.2) is 5.16 Å². The van der Waals surface area contributed by atoms with Gasteiger partial charge in [-0.05, 0) is 18.6 Å². The van der Waals surface area contributed by atoms with Crippen molar-refractivity contribution in [3.8, 4) is 0 Å². The minimum absolute atomic E-state index is 0.160. The van der Waals surface area contributed by atoms with Crippen molar-refractivity contribution in [2.75, 3.05) is 0 Å². The summed E-state index contributed by atoms with van der Waals surface area (Å²) >= 11 is 1.70. The number of hydrogen-bond donors (Lipinski definition) is 1. The van der Waals surface area contributed by atoms with E-state index in [4.69, 9.17) is 0 Å². The van der Waals surface area contributed by atoms with Crippen LogP contribution in [0.3, 0.4) is 0 Å². The van der Waals surface area contributed by atoms with Crippen LogP contribution in [0.15, 0.2) is 29.4 Å². The topological polar surface area (TPSA) is 45.8 Å². The number of para-hydroxylation sites is 2. The average molecular weight is 246 g/mol. The summed E-state index contributed by atoms with van der Waals surface area (Å²) in [7, 11) is 0. The van der Waals surface area contributed by atoms with Crippen molar-refractivity contribution in [3.63, 3.8) is 0 Å². The van der Waals surface area contributed by atoms with Crippen LogP contribution in [0, 0.1) is 5.92 Å². The Morgan fingerprint density at radius 1 is 1.41 bits per heavy atom. The number of benzene rings is 1. The van der Waals surface area contributed by atoms with Crippen molar-refractivity contribution in [1.82, 2.24) is 9.97 Å². The number of fused-ring (bicyclic) bond motifs is 1. The molecular weight excluding hydrogens is 232 g/mol. The molecule has 1 aromatic heterocycles. The van der Waals surface area contributed by atoms with Gasteiger partial charge in [-0.15, -0.1) is 0 Å². The summed E-state index contributed by atoms with van der Waals surface area (Å²) in [5.74, 6) is 0.548. The number of aromatic nitrogens is 2. The summed E-state index contributed by atoms with van der Waals surface area (Å²) in [6.45, 7) is 2.02. The molecule has 1 aliphatic rings. The van der Waals surface area contributed by atoms with Gasteiger partial charge in [-0.2, -0.15) is 0 Å².